The summed E-state index contributed by atoms with van der Waals surface area (Å²) >= 11 is 1.38. The predicted molar refractivity (Wildman–Crippen MR) is 155 cm³/mol. The first kappa shape index (κ1) is 27.8. The molecule has 10 nitrogen and oxygen atoms in total. The summed E-state index contributed by atoms with van der Waals surface area (Å²) in [4.78, 5) is 29.6. The molecule has 0 spiro atoms. The van der Waals surface area contributed by atoms with Gasteiger partial charge in [-0.1, -0.05) is 6.07 Å². The lowest BCUT2D eigenvalue weighted by molar-refractivity contribution is -0.0589. The lowest BCUT2D eigenvalue weighted by atomic mass is 10.0. The van der Waals surface area contributed by atoms with Crippen molar-refractivity contribution in [3.05, 3.63) is 101 Å². The zero-order valence-corrected chi connectivity index (χ0v) is 23.8. The van der Waals surface area contributed by atoms with Crippen LogP contribution >= 0.6 is 11.3 Å². The number of imidazole rings is 1. The number of ether oxygens (including phenoxy) is 2. The Morgan fingerprint density at radius 3 is 2.77 bits per heavy atom. The summed E-state index contributed by atoms with van der Waals surface area (Å²) < 4.78 is 49.5. The van der Waals surface area contributed by atoms with E-state index in [-0.39, 0.29) is 47.4 Å². The number of halogens is 2. The number of carbonyl (C=O) groups is 1. The summed E-state index contributed by atoms with van der Waals surface area (Å²) in [7, 11) is 0. The highest BCUT2D eigenvalue weighted by Crippen LogP contribution is 2.30. The number of oxazole rings is 1. The zero-order chi connectivity index (χ0) is 30.2. The van der Waals surface area contributed by atoms with Crippen LogP contribution in [0.4, 0.5) is 8.78 Å². The van der Waals surface area contributed by atoms with Gasteiger partial charge in [-0.15, -0.1) is 11.3 Å². The van der Waals surface area contributed by atoms with E-state index < -0.39 is 17.6 Å². The van der Waals surface area contributed by atoms with Crippen LogP contribution in [-0.2, 0) is 24.3 Å². The number of carboxylic acids is 1. The minimum Gasteiger partial charge on any atom is -0.478 e. The normalized spacial score (nSPS) is 14.5. The van der Waals surface area contributed by atoms with E-state index in [9.17, 15) is 9.90 Å². The summed E-state index contributed by atoms with van der Waals surface area (Å²) in [5, 5.41) is 10.1. The Kier molecular flexibility index (Phi) is 7.32. The molecule has 0 aliphatic carbocycles. The Labute approximate surface area is 252 Å². The van der Waals surface area contributed by atoms with Crippen molar-refractivity contribution in [2.45, 2.75) is 32.1 Å². The number of aromatic nitrogens is 5. The summed E-state index contributed by atoms with van der Waals surface area (Å²) in [6, 6.07) is 11.7. The van der Waals surface area contributed by atoms with Gasteiger partial charge in [-0.05, 0) is 48.4 Å². The van der Waals surface area contributed by atoms with E-state index >= 15 is 8.78 Å². The highest BCUT2D eigenvalue weighted by atomic mass is 32.1. The van der Waals surface area contributed by atoms with E-state index in [0.29, 0.717) is 40.8 Å². The van der Waals surface area contributed by atoms with Crippen molar-refractivity contribution in [1.29, 1.82) is 0 Å². The molecule has 13 heteroatoms. The van der Waals surface area contributed by atoms with Crippen LogP contribution < -0.4 is 4.74 Å². The third-order valence-corrected chi connectivity index (χ3v) is 8.30. The first-order valence-electron chi connectivity index (χ1n) is 13.7. The van der Waals surface area contributed by atoms with Crippen molar-refractivity contribution < 1.29 is 32.6 Å². The van der Waals surface area contributed by atoms with Crippen molar-refractivity contribution in [3.63, 3.8) is 0 Å². The van der Waals surface area contributed by atoms with Gasteiger partial charge in [-0.3, -0.25) is 0 Å². The average Bonchev–Trinajstić information content (AvgIpc) is 3.76. The monoisotopic (exact) mass is 615 g/mol. The second-order valence-electron chi connectivity index (χ2n) is 10.2. The summed E-state index contributed by atoms with van der Waals surface area (Å²) in [6.07, 6.45) is 5.38. The van der Waals surface area contributed by atoms with Gasteiger partial charge >= 0.3 is 5.97 Å². The van der Waals surface area contributed by atoms with E-state index in [0.717, 1.165) is 23.4 Å². The standard InChI is InChI=1S/C31H23F2N5O5S/c32-21-11-20(23-2-1-3-29(37-23)42-15-30-35-13-27(44-30)26-12-34-16-43-26)22(33)8-18(21)10-28-36-24-5-4-17(31(39)40)9-25(24)38(28)14-19-6-7-41-19/h1-5,8-9,11-13,16,19H,6-7,10,14-15H2,(H,39,40). The van der Waals surface area contributed by atoms with Crippen molar-refractivity contribution in [1.82, 2.24) is 24.5 Å². The quantitative estimate of drug-likeness (QED) is 0.193. The molecule has 5 heterocycles. The molecular weight excluding hydrogens is 592 g/mol. The molecule has 4 aromatic heterocycles. The molecule has 1 N–H and O–H groups in total. The van der Waals surface area contributed by atoms with E-state index in [4.69, 9.17) is 13.9 Å². The Bertz CT molecular complexity index is 1990. The molecule has 222 valence electrons. The number of aromatic carboxylic acids is 1. The first-order valence-corrected chi connectivity index (χ1v) is 14.5. The topological polar surface area (TPSA) is 125 Å². The highest BCUT2D eigenvalue weighted by molar-refractivity contribution is 7.15. The van der Waals surface area contributed by atoms with Gasteiger partial charge in [0.05, 0.1) is 46.0 Å². The SMILES string of the molecule is O=C(O)c1ccc2nc(Cc3cc(F)c(-c4cccc(OCc5ncc(-c6cnco6)s5)n4)cc3F)n(CC3CCO3)c2c1. The minimum absolute atomic E-state index is 0.00666. The van der Waals surface area contributed by atoms with Crippen LogP contribution in [0.3, 0.4) is 0 Å². The van der Waals surface area contributed by atoms with Crippen LogP contribution in [0.1, 0.15) is 33.2 Å². The van der Waals surface area contributed by atoms with Crippen molar-refractivity contribution >= 4 is 28.3 Å². The second-order valence-corrected chi connectivity index (χ2v) is 11.3. The molecule has 1 atom stereocenters. The van der Waals surface area contributed by atoms with Crippen LogP contribution in [0.15, 0.2) is 71.7 Å². The fourth-order valence-electron chi connectivity index (χ4n) is 4.98. The number of hydrogen-bond donors (Lipinski definition) is 1. The zero-order valence-electron chi connectivity index (χ0n) is 22.9. The Morgan fingerprint density at radius 1 is 1.11 bits per heavy atom. The highest BCUT2D eigenvalue weighted by Gasteiger charge is 2.24. The molecule has 0 amide bonds. The number of fused-ring (bicyclic) bond motifs is 1. The molecule has 7 rings (SSSR count). The molecule has 1 aliphatic rings. The lowest BCUT2D eigenvalue weighted by Gasteiger charge is -2.27. The van der Waals surface area contributed by atoms with Gasteiger partial charge in [-0.25, -0.2) is 33.5 Å². The number of hydrogen-bond acceptors (Lipinski definition) is 9. The van der Waals surface area contributed by atoms with Crippen LogP contribution in [0.2, 0.25) is 0 Å². The second kappa shape index (κ2) is 11.6. The van der Waals surface area contributed by atoms with Gasteiger partial charge in [0.15, 0.2) is 12.2 Å². The minimum atomic E-state index is -1.06. The number of carboxylic acid groups (broad SMARTS) is 1. The van der Waals surface area contributed by atoms with Gasteiger partial charge in [0.2, 0.25) is 5.88 Å². The molecule has 1 fully saturated rings. The summed E-state index contributed by atoms with van der Waals surface area (Å²) in [5.74, 6) is -1.02. The predicted octanol–water partition coefficient (Wildman–Crippen LogP) is 6.14. The maximum atomic E-state index is 15.5. The van der Waals surface area contributed by atoms with Crippen LogP contribution in [0.5, 0.6) is 5.88 Å². The number of nitrogens with zero attached hydrogens (tertiary/aromatic N) is 5. The molecule has 6 aromatic rings. The molecule has 0 saturated carbocycles. The smallest absolute Gasteiger partial charge is 0.335 e. The Hall–Kier alpha value is -5.01. The molecular formula is C31H23F2N5O5S. The third-order valence-electron chi connectivity index (χ3n) is 7.31. The van der Waals surface area contributed by atoms with Gasteiger partial charge in [0.25, 0.3) is 0 Å². The Morgan fingerprint density at radius 2 is 2.00 bits per heavy atom. The number of pyridine rings is 1. The molecule has 1 unspecified atom stereocenters. The number of rotatable bonds is 10. The van der Waals surface area contributed by atoms with Gasteiger partial charge in [-0.2, -0.15) is 0 Å². The van der Waals surface area contributed by atoms with Crippen molar-refractivity contribution in [2.75, 3.05) is 6.61 Å². The van der Waals surface area contributed by atoms with E-state index in [2.05, 4.69) is 19.9 Å². The molecule has 2 aromatic carbocycles. The van der Waals surface area contributed by atoms with Crippen LogP contribution in [0, 0.1) is 11.6 Å². The van der Waals surface area contributed by atoms with Gasteiger partial charge in [0.1, 0.15) is 29.1 Å². The number of benzene rings is 2. The fraction of sp³-hybridized carbons (Fsp3) is 0.194. The Balaban J connectivity index is 1.12. The lowest BCUT2D eigenvalue weighted by Crippen LogP contribution is -2.31. The maximum absolute atomic E-state index is 15.5. The maximum Gasteiger partial charge on any atom is 0.335 e. The third kappa shape index (κ3) is 5.54. The number of thiazole rings is 1. The van der Waals surface area contributed by atoms with Crippen molar-refractivity contribution in [3.8, 4) is 27.8 Å². The molecule has 0 radical (unpaired) electrons. The largest absolute Gasteiger partial charge is 0.478 e. The van der Waals surface area contributed by atoms with E-state index in [1.54, 1.807) is 36.7 Å². The summed E-state index contributed by atoms with van der Waals surface area (Å²) in [6.45, 7) is 1.20. The van der Waals surface area contributed by atoms with Crippen LogP contribution in [-0.4, -0.2) is 48.3 Å². The van der Waals surface area contributed by atoms with E-state index in [1.807, 2.05) is 4.57 Å². The molecule has 1 aliphatic heterocycles. The molecule has 0 bridgehead atoms. The van der Waals surface area contributed by atoms with Crippen molar-refractivity contribution in [2.24, 2.45) is 0 Å². The fourth-order valence-corrected chi connectivity index (χ4v) is 5.76. The molecule has 1 saturated heterocycles. The first-order chi connectivity index (χ1) is 21.4. The average molecular weight is 616 g/mol. The summed E-state index contributed by atoms with van der Waals surface area (Å²) in [5.41, 5.74) is 1.58. The van der Waals surface area contributed by atoms with Gasteiger partial charge in [0, 0.05) is 30.9 Å². The van der Waals surface area contributed by atoms with E-state index in [1.165, 1.54) is 29.9 Å². The van der Waals surface area contributed by atoms with Crippen LogP contribution in [0.25, 0.3) is 32.9 Å². The molecule has 44 heavy (non-hydrogen) atoms. The van der Waals surface area contributed by atoms with Gasteiger partial charge < -0.3 is 23.6 Å².